The van der Waals surface area contributed by atoms with Gasteiger partial charge in [-0.15, -0.1) is 0 Å². The van der Waals surface area contributed by atoms with E-state index >= 15 is 0 Å². The number of hydrogen-bond acceptors (Lipinski definition) is 4. The summed E-state index contributed by atoms with van der Waals surface area (Å²) in [7, 11) is 0. The van der Waals surface area contributed by atoms with E-state index in [-0.39, 0.29) is 12.1 Å². The predicted octanol–water partition coefficient (Wildman–Crippen LogP) is 4.22. The van der Waals surface area contributed by atoms with Gasteiger partial charge in [0, 0.05) is 11.3 Å². The van der Waals surface area contributed by atoms with Gasteiger partial charge in [-0.25, -0.2) is 14.8 Å². The minimum Gasteiger partial charge on any atom is -0.452 e. The van der Waals surface area contributed by atoms with Gasteiger partial charge in [0.1, 0.15) is 12.4 Å². The molecule has 0 saturated carbocycles. The Morgan fingerprint density at radius 2 is 1.86 bits per heavy atom. The highest BCUT2D eigenvalue weighted by Gasteiger charge is 2.34. The smallest absolute Gasteiger partial charge is 0.338 e. The van der Waals surface area contributed by atoms with Crippen LogP contribution in [0.25, 0.3) is 0 Å². The van der Waals surface area contributed by atoms with E-state index in [0.717, 1.165) is 23.4 Å². The van der Waals surface area contributed by atoms with Crippen molar-refractivity contribution in [3.63, 3.8) is 0 Å². The summed E-state index contributed by atoms with van der Waals surface area (Å²) in [5.41, 5.74) is 3.52. The first-order chi connectivity index (χ1) is 10.7. The highest BCUT2D eigenvalue weighted by molar-refractivity contribution is 5.89. The summed E-state index contributed by atoms with van der Waals surface area (Å²) in [6.07, 6.45) is 2.04. The second kappa shape index (κ2) is 7.16. The summed E-state index contributed by atoms with van der Waals surface area (Å²) in [5.74, 6) is 0.0201. The Kier molecular flexibility index (Phi) is 5.26. The van der Waals surface area contributed by atoms with Gasteiger partial charge in [0.25, 0.3) is 0 Å². The second-order valence-corrected chi connectivity index (χ2v) is 5.15. The summed E-state index contributed by atoms with van der Waals surface area (Å²) < 4.78 is 5.62. The van der Waals surface area contributed by atoms with E-state index in [1.54, 1.807) is 12.1 Å². The average Bonchev–Trinajstić information content (AvgIpc) is 2.87. The summed E-state index contributed by atoms with van der Waals surface area (Å²) in [5, 5.41) is 0. The summed E-state index contributed by atoms with van der Waals surface area (Å²) in [6.45, 7) is 8.09. The summed E-state index contributed by atoms with van der Waals surface area (Å²) in [6, 6.07) is 9.04. The van der Waals surface area contributed by atoms with Crippen LogP contribution in [0, 0.1) is 6.92 Å². The molecule has 0 aliphatic heterocycles. The first-order valence-corrected chi connectivity index (χ1v) is 7.74. The Morgan fingerprint density at radius 1 is 1.18 bits per heavy atom. The third-order valence-electron chi connectivity index (χ3n) is 3.74. The van der Waals surface area contributed by atoms with Crippen LogP contribution in [0.2, 0.25) is 0 Å². The molecule has 1 unspecified atom stereocenters. The fourth-order valence-corrected chi connectivity index (χ4v) is 2.79. The van der Waals surface area contributed by atoms with Crippen molar-refractivity contribution < 1.29 is 9.53 Å². The number of rotatable bonds is 2. The van der Waals surface area contributed by atoms with Gasteiger partial charge in [0.15, 0.2) is 0 Å². The van der Waals surface area contributed by atoms with Gasteiger partial charge in [-0.3, -0.25) is 0 Å². The second-order valence-electron chi connectivity index (χ2n) is 5.15. The van der Waals surface area contributed by atoms with Crippen LogP contribution in [0.3, 0.4) is 0 Å². The summed E-state index contributed by atoms with van der Waals surface area (Å²) >= 11 is 0. The maximum atomic E-state index is 12.1. The van der Waals surface area contributed by atoms with Crippen molar-refractivity contribution >= 4 is 5.97 Å². The normalized spacial score (nSPS) is 18.9. The van der Waals surface area contributed by atoms with Gasteiger partial charge in [0.05, 0.1) is 11.3 Å². The van der Waals surface area contributed by atoms with Crippen LogP contribution < -0.4 is 0 Å². The minimum absolute atomic E-state index is 0.269. The van der Waals surface area contributed by atoms with E-state index < -0.39 is 0 Å². The van der Waals surface area contributed by atoms with Crippen LogP contribution in [-0.4, -0.2) is 15.9 Å². The van der Waals surface area contributed by atoms with Crippen LogP contribution in [0.1, 0.15) is 66.5 Å². The maximum absolute atomic E-state index is 12.1. The van der Waals surface area contributed by atoms with Gasteiger partial charge < -0.3 is 4.74 Å². The molecule has 0 N–H and O–H groups in total. The molecule has 2 aromatic rings. The lowest BCUT2D eigenvalue weighted by molar-refractivity contribution is 0.0284. The zero-order valence-corrected chi connectivity index (χ0v) is 13.5. The van der Waals surface area contributed by atoms with E-state index in [0.29, 0.717) is 11.5 Å². The molecular formula is C18H22N2O2. The molecule has 4 heteroatoms. The zero-order valence-electron chi connectivity index (χ0n) is 13.5. The Bertz CT molecular complexity index is 641. The number of benzene rings is 1. The number of aryl methyl sites for hydroxylation is 1. The third kappa shape index (κ3) is 3.16. The number of esters is 1. The van der Waals surface area contributed by atoms with Crippen molar-refractivity contribution in [3.05, 3.63) is 59.2 Å². The molecule has 0 bridgehead atoms. The molecule has 4 nitrogen and oxygen atoms in total. The number of hydrogen-bond donors (Lipinski definition) is 0. The Balaban J connectivity index is 0.000000847. The van der Waals surface area contributed by atoms with Crippen molar-refractivity contribution in [2.75, 3.05) is 0 Å². The van der Waals surface area contributed by atoms with Gasteiger partial charge in [-0.1, -0.05) is 39.0 Å². The molecule has 1 aliphatic rings. The SMILES string of the molecule is CC.Cc1ncnc2c1[C@H](C)CC2OC(=O)c1ccccc1. The van der Waals surface area contributed by atoms with Crippen LogP contribution in [0.15, 0.2) is 36.7 Å². The number of fused-ring (bicyclic) bond motifs is 1. The molecule has 0 amide bonds. The molecule has 22 heavy (non-hydrogen) atoms. The first-order valence-electron chi connectivity index (χ1n) is 7.74. The first kappa shape index (κ1) is 16.1. The van der Waals surface area contributed by atoms with Crippen LogP contribution in [0.5, 0.6) is 0 Å². The predicted molar refractivity (Wildman–Crippen MR) is 85.7 cm³/mol. The number of aromatic nitrogens is 2. The molecule has 1 aliphatic carbocycles. The standard InChI is InChI=1S/C16H16N2O2.C2H6/c1-10-8-13(15-14(10)11(2)17-9-18-15)20-16(19)12-6-4-3-5-7-12;1-2/h3-7,9-10,13H,8H2,1-2H3;1-2H3/t10-,13?;/m1./s1. The van der Waals surface area contributed by atoms with E-state index in [1.807, 2.05) is 39.0 Å². The molecule has 1 aromatic heterocycles. The highest BCUT2D eigenvalue weighted by Crippen LogP contribution is 2.42. The van der Waals surface area contributed by atoms with Crippen molar-refractivity contribution in [2.45, 2.75) is 46.1 Å². The monoisotopic (exact) mass is 298 g/mol. The third-order valence-corrected chi connectivity index (χ3v) is 3.74. The Hall–Kier alpha value is -2.23. The van der Waals surface area contributed by atoms with Gasteiger partial charge in [-0.2, -0.15) is 0 Å². The molecule has 116 valence electrons. The van der Waals surface area contributed by atoms with Crippen LogP contribution in [-0.2, 0) is 4.74 Å². The molecule has 2 atom stereocenters. The molecule has 0 spiro atoms. The van der Waals surface area contributed by atoms with Gasteiger partial charge >= 0.3 is 5.97 Å². The lowest BCUT2D eigenvalue weighted by Crippen LogP contribution is -2.10. The Morgan fingerprint density at radius 3 is 2.55 bits per heavy atom. The number of carbonyl (C=O) groups is 1. The van der Waals surface area contributed by atoms with Crippen LogP contribution in [0.4, 0.5) is 0 Å². The summed E-state index contributed by atoms with van der Waals surface area (Å²) in [4.78, 5) is 20.7. The van der Waals surface area contributed by atoms with E-state index in [1.165, 1.54) is 6.33 Å². The highest BCUT2D eigenvalue weighted by atomic mass is 16.5. The lowest BCUT2D eigenvalue weighted by atomic mass is 10.0. The number of carbonyl (C=O) groups excluding carboxylic acids is 1. The number of nitrogens with zero attached hydrogens (tertiary/aromatic N) is 2. The van der Waals surface area contributed by atoms with Crippen LogP contribution >= 0.6 is 0 Å². The zero-order chi connectivity index (χ0) is 16.1. The van der Waals surface area contributed by atoms with E-state index in [4.69, 9.17) is 4.74 Å². The van der Waals surface area contributed by atoms with Crippen molar-refractivity contribution in [1.29, 1.82) is 0 Å². The van der Waals surface area contributed by atoms with Gasteiger partial charge in [-0.05, 0) is 31.4 Å². The van der Waals surface area contributed by atoms with E-state index in [9.17, 15) is 4.79 Å². The quantitative estimate of drug-likeness (QED) is 0.779. The fraction of sp³-hybridized carbons (Fsp3) is 0.389. The number of ether oxygens (including phenoxy) is 1. The molecule has 3 rings (SSSR count). The lowest BCUT2D eigenvalue weighted by Gasteiger charge is -2.12. The molecular weight excluding hydrogens is 276 g/mol. The molecule has 0 saturated heterocycles. The average molecular weight is 298 g/mol. The van der Waals surface area contributed by atoms with E-state index in [2.05, 4.69) is 16.9 Å². The van der Waals surface area contributed by atoms with Crippen molar-refractivity contribution in [2.24, 2.45) is 0 Å². The molecule has 1 heterocycles. The Labute approximate surface area is 131 Å². The molecule has 1 aromatic carbocycles. The largest absolute Gasteiger partial charge is 0.452 e. The molecule has 0 radical (unpaired) electrons. The van der Waals surface area contributed by atoms with Crippen molar-refractivity contribution in [3.8, 4) is 0 Å². The topological polar surface area (TPSA) is 52.1 Å². The van der Waals surface area contributed by atoms with Gasteiger partial charge in [0.2, 0.25) is 0 Å². The fourth-order valence-electron chi connectivity index (χ4n) is 2.79. The molecule has 0 fully saturated rings. The van der Waals surface area contributed by atoms with Crippen molar-refractivity contribution in [1.82, 2.24) is 9.97 Å². The maximum Gasteiger partial charge on any atom is 0.338 e. The minimum atomic E-state index is -0.299.